The number of aliphatic imine (C=N–C) groups is 1. The van der Waals surface area contributed by atoms with Gasteiger partial charge in [0.1, 0.15) is 5.82 Å². The molecule has 0 saturated carbocycles. The Morgan fingerprint density at radius 1 is 1.15 bits per heavy atom. The fraction of sp³-hybridized carbons (Fsp3) is 0.278. The number of nitrogens with one attached hydrogen (secondary N) is 2. The third kappa shape index (κ3) is 5.91. The molecule has 0 fully saturated rings. The van der Waals surface area contributed by atoms with Crippen molar-refractivity contribution in [2.45, 2.75) is 6.42 Å². The van der Waals surface area contributed by atoms with E-state index in [0.717, 1.165) is 5.69 Å². The summed E-state index contributed by atoms with van der Waals surface area (Å²) in [4.78, 5) is 4.15. The second kappa shape index (κ2) is 11.1. The van der Waals surface area contributed by atoms with Crippen LogP contribution in [0, 0.1) is 5.82 Å². The zero-order valence-corrected chi connectivity index (χ0v) is 17.9. The number of guanidine groups is 1. The zero-order valence-electron chi connectivity index (χ0n) is 14.8. The maximum absolute atomic E-state index is 13.8. The van der Waals surface area contributed by atoms with Crippen molar-refractivity contribution < 1.29 is 13.9 Å². The van der Waals surface area contributed by atoms with E-state index >= 15 is 0 Å². The average Bonchev–Trinajstić information content (AvgIpc) is 2.62. The van der Waals surface area contributed by atoms with Crippen LogP contribution in [0.25, 0.3) is 0 Å². The zero-order chi connectivity index (χ0) is 18.2. The third-order valence-corrected chi connectivity index (χ3v) is 3.95. The predicted molar refractivity (Wildman–Crippen MR) is 115 cm³/mol. The Balaban J connectivity index is 0.00000338. The molecule has 0 bridgehead atoms. The third-order valence-electron chi connectivity index (χ3n) is 3.60. The second-order valence-corrected chi connectivity index (χ2v) is 5.55. The summed E-state index contributed by atoms with van der Waals surface area (Å²) in [5, 5.41) is 6.70. The van der Waals surface area contributed by atoms with Crippen molar-refractivity contribution >= 4 is 47.2 Å². The van der Waals surface area contributed by atoms with E-state index in [1.165, 1.54) is 6.07 Å². The lowest BCUT2D eigenvalue weighted by Crippen LogP contribution is -2.32. The Kier molecular flexibility index (Phi) is 9.50. The molecular weight excluding hydrogens is 472 g/mol. The monoisotopic (exact) mass is 493 g/mol. The van der Waals surface area contributed by atoms with Crippen molar-refractivity contribution in [3.8, 4) is 11.5 Å². The van der Waals surface area contributed by atoms with Crippen LogP contribution in [0.1, 0.15) is 5.56 Å². The lowest BCUT2D eigenvalue weighted by Gasteiger charge is -2.14. The van der Waals surface area contributed by atoms with E-state index in [0.29, 0.717) is 41.0 Å². The quantitative estimate of drug-likeness (QED) is 0.357. The van der Waals surface area contributed by atoms with Crippen molar-refractivity contribution in [1.82, 2.24) is 5.32 Å². The molecular formula is C18H22ClFIN3O2. The summed E-state index contributed by atoms with van der Waals surface area (Å²) in [5.74, 6) is 1.50. The van der Waals surface area contributed by atoms with Gasteiger partial charge in [0.25, 0.3) is 0 Å². The molecule has 2 aromatic carbocycles. The van der Waals surface area contributed by atoms with Gasteiger partial charge in [-0.05, 0) is 30.7 Å². The summed E-state index contributed by atoms with van der Waals surface area (Å²) >= 11 is 6.03. The summed E-state index contributed by atoms with van der Waals surface area (Å²) in [6.45, 7) is 0.480. The van der Waals surface area contributed by atoms with E-state index in [1.807, 2.05) is 6.07 Å². The number of halogens is 3. The highest BCUT2D eigenvalue weighted by molar-refractivity contribution is 14.0. The van der Waals surface area contributed by atoms with Crippen LogP contribution in [0.3, 0.4) is 0 Å². The first-order valence-electron chi connectivity index (χ1n) is 7.71. The molecule has 8 heteroatoms. The number of ether oxygens (including phenoxy) is 2. The maximum atomic E-state index is 13.8. The number of methoxy groups -OCH3 is 2. The molecule has 0 unspecified atom stereocenters. The number of hydrogen-bond donors (Lipinski definition) is 2. The van der Waals surface area contributed by atoms with Crippen molar-refractivity contribution in [3.05, 3.63) is 52.8 Å². The molecule has 0 heterocycles. The van der Waals surface area contributed by atoms with Crippen LogP contribution >= 0.6 is 35.6 Å². The van der Waals surface area contributed by atoms with Crippen molar-refractivity contribution in [2.75, 3.05) is 33.1 Å². The largest absolute Gasteiger partial charge is 0.493 e. The van der Waals surface area contributed by atoms with Gasteiger partial charge >= 0.3 is 0 Å². The molecule has 0 amide bonds. The highest BCUT2D eigenvalue weighted by Gasteiger charge is 2.08. The minimum absolute atomic E-state index is 0. The molecule has 142 valence electrons. The first-order chi connectivity index (χ1) is 12.1. The molecule has 2 rings (SSSR count). The molecule has 0 spiro atoms. The van der Waals surface area contributed by atoms with Gasteiger partial charge in [-0.1, -0.05) is 17.7 Å². The molecule has 0 aliphatic heterocycles. The summed E-state index contributed by atoms with van der Waals surface area (Å²) in [7, 11) is 4.82. The Bertz CT molecular complexity index is 739. The Morgan fingerprint density at radius 3 is 2.50 bits per heavy atom. The molecule has 26 heavy (non-hydrogen) atoms. The lowest BCUT2D eigenvalue weighted by molar-refractivity contribution is 0.355. The number of benzene rings is 2. The highest BCUT2D eigenvalue weighted by Crippen LogP contribution is 2.29. The number of anilines is 1. The lowest BCUT2D eigenvalue weighted by atomic mass is 10.1. The predicted octanol–water partition coefficient (Wildman–Crippen LogP) is 4.34. The number of nitrogens with zero attached hydrogens (tertiary/aromatic N) is 1. The summed E-state index contributed by atoms with van der Waals surface area (Å²) < 4.78 is 24.3. The van der Waals surface area contributed by atoms with E-state index in [4.69, 9.17) is 21.1 Å². The van der Waals surface area contributed by atoms with Gasteiger partial charge in [0.05, 0.1) is 14.2 Å². The van der Waals surface area contributed by atoms with Crippen LogP contribution in [0.2, 0.25) is 5.02 Å². The van der Waals surface area contributed by atoms with Crippen molar-refractivity contribution in [3.63, 3.8) is 0 Å². The van der Waals surface area contributed by atoms with Gasteiger partial charge in [-0.3, -0.25) is 4.99 Å². The summed E-state index contributed by atoms with van der Waals surface area (Å²) in [5.41, 5.74) is 1.27. The smallest absolute Gasteiger partial charge is 0.195 e. The van der Waals surface area contributed by atoms with Crippen molar-refractivity contribution in [1.29, 1.82) is 0 Å². The summed E-state index contributed by atoms with van der Waals surface area (Å²) in [6.07, 6.45) is 0.443. The van der Waals surface area contributed by atoms with Gasteiger partial charge in [0.15, 0.2) is 17.5 Å². The summed E-state index contributed by atoms with van der Waals surface area (Å²) in [6, 6.07) is 10.1. The maximum Gasteiger partial charge on any atom is 0.195 e. The fourth-order valence-electron chi connectivity index (χ4n) is 2.31. The van der Waals surface area contributed by atoms with Crippen LogP contribution in [0.15, 0.2) is 41.4 Å². The van der Waals surface area contributed by atoms with Crippen LogP contribution in [0.5, 0.6) is 11.5 Å². The number of rotatable bonds is 6. The van der Waals surface area contributed by atoms with Crippen LogP contribution in [-0.4, -0.2) is 33.8 Å². The van der Waals surface area contributed by atoms with E-state index in [1.54, 1.807) is 45.5 Å². The standard InChI is InChI=1S/C18H21ClFN3O2.HI/c1-21-18(22-10-9-13-14(19)5-4-6-15(13)20)23-12-7-8-16(24-2)17(11-12)25-3;/h4-8,11H,9-10H2,1-3H3,(H2,21,22,23);1H. The van der Waals surface area contributed by atoms with Gasteiger partial charge in [0.2, 0.25) is 0 Å². The van der Waals surface area contributed by atoms with Crippen LogP contribution in [-0.2, 0) is 6.42 Å². The first kappa shape index (κ1) is 22.3. The topological polar surface area (TPSA) is 54.9 Å². The van der Waals surface area contributed by atoms with Crippen molar-refractivity contribution in [2.24, 2.45) is 4.99 Å². The normalized spacial score (nSPS) is 10.7. The van der Waals surface area contributed by atoms with E-state index in [9.17, 15) is 4.39 Å². The Morgan fingerprint density at radius 2 is 1.88 bits per heavy atom. The molecule has 0 radical (unpaired) electrons. The minimum atomic E-state index is -0.308. The Hall–Kier alpha value is -1.74. The first-order valence-corrected chi connectivity index (χ1v) is 8.09. The van der Waals surface area contributed by atoms with Gasteiger partial charge in [0, 0.05) is 35.9 Å². The second-order valence-electron chi connectivity index (χ2n) is 5.14. The molecule has 0 saturated heterocycles. The van der Waals surface area contributed by atoms with Gasteiger partial charge in [-0.15, -0.1) is 24.0 Å². The van der Waals surface area contributed by atoms with Crippen LogP contribution < -0.4 is 20.1 Å². The fourth-order valence-corrected chi connectivity index (χ4v) is 2.56. The highest BCUT2D eigenvalue weighted by atomic mass is 127. The molecule has 0 aliphatic carbocycles. The number of hydrogen-bond acceptors (Lipinski definition) is 3. The van der Waals surface area contributed by atoms with Crippen LogP contribution in [0.4, 0.5) is 10.1 Å². The molecule has 0 aromatic heterocycles. The van der Waals surface area contributed by atoms with Gasteiger partial charge < -0.3 is 20.1 Å². The molecule has 2 aromatic rings. The minimum Gasteiger partial charge on any atom is -0.493 e. The van der Waals surface area contributed by atoms with E-state index in [-0.39, 0.29) is 29.8 Å². The molecule has 5 nitrogen and oxygen atoms in total. The molecule has 0 atom stereocenters. The molecule has 2 N–H and O–H groups in total. The average molecular weight is 494 g/mol. The van der Waals surface area contributed by atoms with Gasteiger partial charge in [-0.2, -0.15) is 0 Å². The van der Waals surface area contributed by atoms with E-state index in [2.05, 4.69) is 15.6 Å². The molecule has 0 aliphatic rings. The van der Waals surface area contributed by atoms with E-state index < -0.39 is 0 Å². The Labute approximate surface area is 175 Å². The SMILES string of the molecule is CN=C(NCCc1c(F)cccc1Cl)Nc1ccc(OC)c(OC)c1.I. The van der Waals surface area contributed by atoms with Gasteiger partial charge in [-0.25, -0.2) is 4.39 Å².